The Labute approximate surface area is 109 Å². The molecule has 0 fully saturated rings. The Morgan fingerprint density at radius 1 is 0.684 bits per heavy atom. The minimum absolute atomic E-state index is 0.223. The van der Waals surface area contributed by atoms with Gasteiger partial charge in [0.25, 0.3) is 0 Å². The van der Waals surface area contributed by atoms with Crippen molar-refractivity contribution in [2.24, 2.45) is 0 Å². The maximum Gasteiger partial charge on any atom is 0.330 e. The molecule has 2 aromatic carbocycles. The van der Waals surface area contributed by atoms with E-state index in [2.05, 4.69) is 0 Å². The number of rotatable bonds is 4. The van der Waals surface area contributed by atoms with E-state index in [1.807, 2.05) is 0 Å². The lowest BCUT2D eigenvalue weighted by Gasteiger charge is -2.25. The van der Waals surface area contributed by atoms with Crippen molar-refractivity contribution in [1.29, 1.82) is 0 Å². The number of benzene rings is 2. The van der Waals surface area contributed by atoms with E-state index in [0.717, 1.165) is 0 Å². The number of carboxylic acids is 2. The first-order valence-electron chi connectivity index (χ1n) is 5.68. The van der Waals surface area contributed by atoms with Crippen molar-refractivity contribution < 1.29 is 19.8 Å². The summed E-state index contributed by atoms with van der Waals surface area (Å²) in [7, 11) is 0. The average Bonchev–Trinajstić information content (AvgIpc) is 2.41. The zero-order chi connectivity index (χ0) is 13.9. The van der Waals surface area contributed by atoms with Gasteiger partial charge >= 0.3 is 11.9 Å². The van der Waals surface area contributed by atoms with Crippen LogP contribution in [-0.4, -0.2) is 22.2 Å². The second-order valence-corrected chi connectivity index (χ2v) is 4.09. The Hall–Kier alpha value is -2.62. The van der Waals surface area contributed by atoms with Crippen LogP contribution in [0.25, 0.3) is 0 Å². The van der Waals surface area contributed by atoms with Crippen LogP contribution in [0.4, 0.5) is 0 Å². The summed E-state index contributed by atoms with van der Waals surface area (Å²) in [6.07, 6.45) is 0. The largest absolute Gasteiger partial charge is 0.480 e. The van der Waals surface area contributed by atoms with E-state index in [1.54, 1.807) is 36.4 Å². The molecule has 0 amide bonds. The van der Waals surface area contributed by atoms with E-state index in [-0.39, 0.29) is 11.1 Å². The van der Waals surface area contributed by atoms with Crippen molar-refractivity contribution in [3.05, 3.63) is 71.8 Å². The summed E-state index contributed by atoms with van der Waals surface area (Å²) in [5, 5.41) is 19.0. The summed E-state index contributed by atoms with van der Waals surface area (Å²) >= 11 is 0. The minimum Gasteiger partial charge on any atom is -0.480 e. The fourth-order valence-electron chi connectivity index (χ4n) is 2.13. The highest BCUT2D eigenvalue weighted by atomic mass is 16.4. The maximum atomic E-state index is 11.7. The number of aliphatic carboxylic acids is 2. The molecular weight excluding hydrogens is 244 g/mol. The standard InChI is InChI=1S/C15H12O4/c16-13(17)15(14(18)19,11-7-3-1-4-8-11)12-9-5-2-6-10-12/h1-10H,(H,16,17)(H,18,19). The zero-order valence-corrected chi connectivity index (χ0v) is 9.98. The van der Waals surface area contributed by atoms with Crippen LogP contribution >= 0.6 is 0 Å². The quantitative estimate of drug-likeness (QED) is 0.822. The number of carbonyl (C=O) groups is 2. The van der Waals surface area contributed by atoms with Crippen molar-refractivity contribution in [1.82, 2.24) is 0 Å². The lowest BCUT2D eigenvalue weighted by Crippen LogP contribution is -2.44. The van der Waals surface area contributed by atoms with Gasteiger partial charge in [0.15, 0.2) is 0 Å². The topological polar surface area (TPSA) is 74.6 Å². The van der Waals surface area contributed by atoms with Gasteiger partial charge in [-0.1, -0.05) is 60.7 Å². The Balaban J connectivity index is 2.77. The molecule has 0 aliphatic carbocycles. The van der Waals surface area contributed by atoms with Crippen molar-refractivity contribution in [3.63, 3.8) is 0 Å². The molecule has 2 N–H and O–H groups in total. The van der Waals surface area contributed by atoms with Crippen molar-refractivity contribution in [2.45, 2.75) is 5.41 Å². The molecule has 4 heteroatoms. The molecule has 0 spiro atoms. The monoisotopic (exact) mass is 256 g/mol. The SMILES string of the molecule is O=C(O)C(C(=O)O)(c1ccccc1)c1ccccc1. The fourth-order valence-corrected chi connectivity index (χ4v) is 2.13. The molecule has 0 aromatic heterocycles. The van der Waals surface area contributed by atoms with Crippen LogP contribution in [0.15, 0.2) is 60.7 Å². The number of carboxylic acid groups (broad SMARTS) is 2. The Morgan fingerprint density at radius 3 is 1.26 bits per heavy atom. The fraction of sp³-hybridized carbons (Fsp3) is 0.0667. The molecule has 0 atom stereocenters. The van der Waals surface area contributed by atoms with E-state index >= 15 is 0 Å². The normalized spacial score (nSPS) is 10.9. The highest BCUT2D eigenvalue weighted by molar-refractivity contribution is 6.08. The van der Waals surface area contributed by atoms with Crippen LogP contribution in [0.5, 0.6) is 0 Å². The van der Waals surface area contributed by atoms with Crippen LogP contribution in [0.2, 0.25) is 0 Å². The van der Waals surface area contributed by atoms with Gasteiger partial charge < -0.3 is 10.2 Å². The number of hydrogen-bond acceptors (Lipinski definition) is 2. The molecule has 0 bridgehead atoms. The van der Waals surface area contributed by atoms with Gasteiger partial charge in [-0.15, -0.1) is 0 Å². The molecule has 0 saturated heterocycles. The first kappa shape index (κ1) is 12.8. The minimum atomic E-state index is -2.08. The summed E-state index contributed by atoms with van der Waals surface area (Å²) in [6.45, 7) is 0. The van der Waals surface area contributed by atoms with Crippen LogP contribution in [0, 0.1) is 0 Å². The highest BCUT2D eigenvalue weighted by Crippen LogP contribution is 2.33. The Morgan fingerprint density at radius 2 is 1.00 bits per heavy atom. The smallest absolute Gasteiger partial charge is 0.330 e. The molecule has 0 heterocycles. The molecular formula is C15H12O4. The second-order valence-electron chi connectivity index (χ2n) is 4.09. The average molecular weight is 256 g/mol. The van der Waals surface area contributed by atoms with E-state index in [9.17, 15) is 19.8 Å². The highest BCUT2D eigenvalue weighted by Gasteiger charge is 2.49. The maximum absolute atomic E-state index is 11.7. The van der Waals surface area contributed by atoms with Gasteiger partial charge in [-0.2, -0.15) is 0 Å². The molecule has 2 rings (SSSR count). The molecule has 19 heavy (non-hydrogen) atoms. The van der Waals surface area contributed by atoms with Crippen LogP contribution in [0.3, 0.4) is 0 Å². The lowest BCUT2D eigenvalue weighted by atomic mass is 9.74. The van der Waals surface area contributed by atoms with Gasteiger partial charge in [0, 0.05) is 0 Å². The molecule has 4 nitrogen and oxygen atoms in total. The molecule has 0 radical (unpaired) electrons. The molecule has 0 aliphatic heterocycles. The lowest BCUT2D eigenvalue weighted by molar-refractivity contribution is -0.155. The van der Waals surface area contributed by atoms with Crippen molar-refractivity contribution in [3.8, 4) is 0 Å². The van der Waals surface area contributed by atoms with E-state index in [4.69, 9.17) is 0 Å². The molecule has 0 saturated carbocycles. The summed E-state index contributed by atoms with van der Waals surface area (Å²) in [5.41, 5.74) is -1.63. The zero-order valence-electron chi connectivity index (χ0n) is 9.98. The van der Waals surface area contributed by atoms with Gasteiger partial charge in [-0.3, -0.25) is 9.59 Å². The van der Waals surface area contributed by atoms with Gasteiger partial charge in [0.1, 0.15) is 0 Å². The molecule has 2 aromatic rings. The van der Waals surface area contributed by atoms with E-state index in [1.165, 1.54) is 24.3 Å². The van der Waals surface area contributed by atoms with Gasteiger partial charge in [0.2, 0.25) is 5.41 Å². The summed E-state index contributed by atoms with van der Waals surface area (Å²) in [5.74, 6) is -2.81. The van der Waals surface area contributed by atoms with Crippen molar-refractivity contribution in [2.75, 3.05) is 0 Å². The van der Waals surface area contributed by atoms with Gasteiger partial charge in [-0.05, 0) is 11.1 Å². The van der Waals surface area contributed by atoms with Crippen LogP contribution < -0.4 is 0 Å². The van der Waals surface area contributed by atoms with Crippen molar-refractivity contribution >= 4 is 11.9 Å². The van der Waals surface area contributed by atoms with E-state index < -0.39 is 17.4 Å². The third kappa shape index (κ3) is 1.97. The summed E-state index contributed by atoms with van der Waals surface area (Å²) in [4.78, 5) is 23.4. The molecule has 0 unspecified atom stereocenters. The first-order chi connectivity index (χ1) is 9.10. The summed E-state index contributed by atoms with van der Waals surface area (Å²) in [6, 6.07) is 16.0. The summed E-state index contributed by atoms with van der Waals surface area (Å²) < 4.78 is 0. The molecule has 0 aliphatic rings. The van der Waals surface area contributed by atoms with E-state index in [0.29, 0.717) is 0 Å². The Kier molecular flexibility index (Phi) is 3.33. The number of hydrogen-bond donors (Lipinski definition) is 2. The van der Waals surface area contributed by atoms with Gasteiger partial charge in [0.05, 0.1) is 0 Å². The predicted octanol–water partition coefficient (Wildman–Crippen LogP) is 2.14. The Bertz CT molecular complexity index is 535. The third-order valence-electron chi connectivity index (χ3n) is 3.06. The van der Waals surface area contributed by atoms with Crippen LogP contribution in [0.1, 0.15) is 11.1 Å². The first-order valence-corrected chi connectivity index (χ1v) is 5.68. The second kappa shape index (κ2) is 4.94. The van der Waals surface area contributed by atoms with Crippen LogP contribution in [-0.2, 0) is 15.0 Å². The molecule has 96 valence electrons. The predicted molar refractivity (Wildman–Crippen MR) is 68.9 cm³/mol. The van der Waals surface area contributed by atoms with Gasteiger partial charge in [-0.25, -0.2) is 0 Å². The third-order valence-corrected chi connectivity index (χ3v) is 3.06.